The first-order chi connectivity index (χ1) is 11.4. The van der Waals surface area contributed by atoms with Gasteiger partial charge in [0.05, 0.1) is 11.9 Å². The normalized spacial score (nSPS) is 18.1. The first-order valence-electron chi connectivity index (χ1n) is 8.39. The van der Waals surface area contributed by atoms with Crippen molar-refractivity contribution in [2.24, 2.45) is 5.92 Å². The molecule has 8 heteroatoms. The zero-order chi connectivity index (χ0) is 16.9. The van der Waals surface area contributed by atoms with Crippen LogP contribution in [0.4, 0.5) is 5.13 Å². The van der Waals surface area contributed by atoms with Gasteiger partial charge in [-0.25, -0.2) is 9.50 Å². The van der Waals surface area contributed by atoms with E-state index in [-0.39, 0.29) is 5.41 Å². The number of hydrogen-bond acceptors (Lipinski definition) is 6. The molecule has 1 aliphatic rings. The van der Waals surface area contributed by atoms with Crippen LogP contribution in [0.1, 0.15) is 44.5 Å². The van der Waals surface area contributed by atoms with E-state index in [4.69, 9.17) is 4.98 Å². The molecule has 4 rings (SSSR count). The van der Waals surface area contributed by atoms with Crippen molar-refractivity contribution in [3.05, 3.63) is 23.5 Å². The minimum atomic E-state index is 0.0531. The molecule has 0 bridgehead atoms. The van der Waals surface area contributed by atoms with Crippen LogP contribution in [0.25, 0.3) is 4.96 Å². The SMILES string of the molecule is Cc1nnc2n1CC(CNc1nn3cc(C(C)(C)C)nc3s1)CC2. The lowest BCUT2D eigenvalue weighted by Crippen LogP contribution is -2.26. The number of rotatable bonds is 3. The van der Waals surface area contributed by atoms with Gasteiger partial charge in [-0.05, 0) is 19.3 Å². The second-order valence-corrected chi connectivity index (χ2v) is 8.53. The molecule has 0 spiro atoms. The van der Waals surface area contributed by atoms with Gasteiger partial charge in [0.15, 0.2) is 0 Å². The molecule has 1 N–H and O–H groups in total. The van der Waals surface area contributed by atoms with Crippen molar-refractivity contribution in [3.63, 3.8) is 0 Å². The molecule has 0 saturated carbocycles. The number of anilines is 1. The topological polar surface area (TPSA) is 72.9 Å². The monoisotopic (exact) mass is 345 g/mol. The van der Waals surface area contributed by atoms with E-state index < -0.39 is 0 Å². The molecule has 0 aliphatic carbocycles. The lowest BCUT2D eigenvalue weighted by molar-refractivity contribution is 0.377. The lowest BCUT2D eigenvalue weighted by Gasteiger charge is -2.23. The highest BCUT2D eigenvalue weighted by Gasteiger charge is 2.22. The summed E-state index contributed by atoms with van der Waals surface area (Å²) in [6.07, 6.45) is 4.18. The molecule has 0 amide bonds. The second kappa shape index (κ2) is 5.54. The molecule has 7 nitrogen and oxygen atoms in total. The summed E-state index contributed by atoms with van der Waals surface area (Å²) in [6, 6.07) is 0. The zero-order valence-corrected chi connectivity index (χ0v) is 15.4. The van der Waals surface area contributed by atoms with Crippen molar-refractivity contribution in [1.82, 2.24) is 29.4 Å². The summed E-state index contributed by atoms with van der Waals surface area (Å²) in [6.45, 7) is 10.4. The Labute approximate surface area is 145 Å². The molecule has 3 aromatic heterocycles. The molecule has 0 fully saturated rings. The van der Waals surface area contributed by atoms with Crippen LogP contribution in [0.3, 0.4) is 0 Å². The van der Waals surface area contributed by atoms with Crippen molar-refractivity contribution in [2.45, 2.75) is 52.5 Å². The summed E-state index contributed by atoms with van der Waals surface area (Å²) in [4.78, 5) is 5.64. The molecule has 0 radical (unpaired) electrons. The Bertz CT molecular complexity index is 835. The van der Waals surface area contributed by atoms with E-state index in [1.807, 2.05) is 17.6 Å². The molecule has 4 heterocycles. The molecular weight excluding hydrogens is 322 g/mol. The molecule has 128 valence electrons. The van der Waals surface area contributed by atoms with Crippen molar-refractivity contribution in [3.8, 4) is 0 Å². The van der Waals surface area contributed by atoms with E-state index in [0.717, 1.165) is 53.4 Å². The molecule has 0 aromatic carbocycles. The number of nitrogens with one attached hydrogen (secondary N) is 1. The summed E-state index contributed by atoms with van der Waals surface area (Å²) in [7, 11) is 0. The first-order valence-corrected chi connectivity index (χ1v) is 9.21. The van der Waals surface area contributed by atoms with Gasteiger partial charge in [0.1, 0.15) is 11.6 Å². The van der Waals surface area contributed by atoms with Gasteiger partial charge in [-0.15, -0.1) is 15.3 Å². The maximum Gasteiger partial charge on any atom is 0.214 e. The van der Waals surface area contributed by atoms with Crippen LogP contribution in [-0.4, -0.2) is 35.9 Å². The molecule has 1 atom stereocenters. The van der Waals surface area contributed by atoms with E-state index in [2.05, 4.69) is 46.0 Å². The van der Waals surface area contributed by atoms with Crippen LogP contribution in [-0.2, 0) is 18.4 Å². The largest absolute Gasteiger partial charge is 0.360 e. The fourth-order valence-electron chi connectivity index (χ4n) is 3.06. The summed E-state index contributed by atoms with van der Waals surface area (Å²) in [5.74, 6) is 2.71. The van der Waals surface area contributed by atoms with E-state index >= 15 is 0 Å². The predicted molar refractivity (Wildman–Crippen MR) is 94.6 cm³/mol. The van der Waals surface area contributed by atoms with Gasteiger partial charge >= 0.3 is 0 Å². The van der Waals surface area contributed by atoms with Crippen LogP contribution in [0, 0.1) is 12.8 Å². The van der Waals surface area contributed by atoms with Gasteiger partial charge in [0.25, 0.3) is 0 Å². The summed E-state index contributed by atoms with van der Waals surface area (Å²) < 4.78 is 4.12. The predicted octanol–water partition coefficient (Wildman–Crippen LogP) is 2.66. The highest BCUT2D eigenvalue weighted by molar-refractivity contribution is 7.20. The average Bonchev–Trinajstić information content (AvgIpc) is 3.18. The molecule has 1 aliphatic heterocycles. The van der Waals surface area contributed by atoms with E-state index in [9.17, 15) is 0 Å². The van der Waals surface area contributed by atoms with Gasteiger partial charge in [-0.3, -0.25) is 0 Å². The number of hydrogen-bond donors (Lipinski definition) is 1. The highest BCUT2D eigenvalue weighted by Crippen LogP contribution is 2.26. The second-order valence-electron chi connectivity index (χ2n) is 7.57. The zero-order valence-electron chi connectivity index (χ0n) is 14.6. The lowest BCUT2D eigenvalue weighted by atomic mass is 9.93. The minimum Gasteiger partial charge on any atom is -0.360 e. The van der Waals surface area contributed by atoms with Crippen LogP contribution < -0.4 is 5.32 Å². The van der Waals surface area contributed by atoms with E-state index in [1.165, 1.54) is 0 Å². The van der Waals surface area contributed by atoms with Crippen LogP contribution in [0.2, 0.25) is 0 Å². The van der Waals surface area contributed by atoms with Crippen LogP contribution in [0.5, 0.6) is 0 Å². The molecule has 24 heavy (non-hydrogen) atoms. The summed E-state index contributed by atoms with van der Waals surface area (Å²) in [5, 5.41) is 17.4. The quantitative estimate of drug-likeness (QED) is 0.790. The van der Waals surface area contributed by atoms with E-state index in [1.54, 1.807) is 11.3 Å². The fraction of sp³-hybridized carbons (Fsp3) is 0.625. The smallest absolute Gasteiger partial charge is 0.214 e. The Hall–Kier alpha value is -1.96. The van der Waals surface area contributed by atoms with Crippen molar-refractivity contribution < 1.29 is 0 Å². The third-order valence-corrected chi connectivity index (χ3v) is 5.46. The van der Waals surface area contributed by atoms with Gasteiger partial charge < -0.3 is 9.88 Å². The van der Waals surface area contributed by atoms with Crippen LogP contribution in [0.15, 0.2) is 6.20 Å². The average molecular weight is 345 g/mol. The molecule has 1 unspecified atom stereocenters. The maximum atomic E-state index is 4.69. The fourth-order valence-corrected chi connectivity index (χ4v) is 3.85. The molecular formula is C16H23N7S. The van der Waals surface area contributed by atoms with Crippen LogP contribution >= 0.6 is 11.3 Å². The highest BCUT2D eigenvalue weighted by atomic mass is 32.1. The number of aromatic nitrogens is 6. The van der Waals surface area contributed by atoms with Crippen molar-refractivity contribution >= 4 is 21.4 Å². The van der Waals surface area contributed by atoms with Crippen molar-refractivity contribution in [1.29, 1.82) is 0 Å². The Balaban J connectivity index is 1.42. The van der Waals surface area contributed by atoms with Gasteiger partial charge in [0.2, 0.25) is 10.1 Å². The van der Waals surface area contributed by atoms with Gasteiger partial charge in [-0.2, -0.15) is 0 Å². The summed E-state index contributed by atoms with van der Waals surface area (Å²) in [5.41, 5.74) is 1.13. The van der Waals surface area contributed by atoms with E-state index in [0.29, 0.717) is 5.92 Å². The molecule has 0 saturated heterocycles. The number of nitrogens with zero attached hydrogens (tertiary/aromatic N) is 6. The van der Waals surface area contributed by atoms with Gasteiger partial charge in [-0.1, -0.05) is 32.1 Å². The molecule has 3 aromatic rings. The first kappa shape index (κ1) is 15.6. The maximum absolute atomic E-state index is 4.69. The standard InChI is InChI=1S/C16H23N7S/c1-10-19-20-13-6-5-11(8-22(10)13)7-17-14-21-23-9-12(16(2,3)4)18-15(23)24-14/h9,11H,5-8H2,1-4H3,(H,17,21). The third kappa shape index (κ3) is 2.79. The van der Waals surface area contributed by atoms with Crippen molar-refractivity contribution in [2.75, 3.05) is 11.9 Å². The number of fused-ring (bicyclic) bond motifs is 2. The summed E-state index contributed by atoms with van der Waals surface area (Å²) >= 11 is 1.61. The Morgan fingerprint density at radius 2 is 2.17 bits per heavy atom. The Morgan fingerprint density at radius 1 is 1.33 bits per heavy atom. The third-order valence-electron chi connectivity index (χ3n) is 4.58. The number of aryl methyl sites for hydroxylation is 2. The number of imidazole rings is 1. The minimum absolute atomic E-state index is 0.0531. The Kier molecular flexibility index (Phi) is 3.59. The van der Waals surface area contributed by atoms with Gasteiger partial charge in [0, 0.05) is 24.9 Å². The Morgan fingerprint density at radius 3 is 2.92 bits per heavy atom.